The third-order valence-electron chi connectivity index (χ3n) is 4.40. The smallest absolute Gasteiger partial charge is 0.307 e. The van der Waals surface area contributed by atoms with Gasteiger partial charge in [0.1, 0.15) is 0 Å². The highest BCUT2D eigenvalue weighted by atomic mass is 16.4. The fraction of sp³-hybridized carbons (Fsp3) is 0.857. The minimum absolute atomic E-state index is 0.00601. The summed E-state index contributed by atoms with van der Waals surface area (Å²) in [6.45, 7) is 5.72. The topological polar surface area (TPSA) is 86.6 Å². The Hall–Kier alpha value is -1.10. The van der Waals surface area contributed by atoms with Gasteiger partial charge in [0.05, 0.1) is 11.8 Å². The zero-order valence-electron chi connectivity index (χ0n) is 11.9. The number of aliphatic hydroxyl groups excluding tert-OH is 1. The molecule has 0 radical (unpaired) electrons. The molecular weight excluding hydrogens is 246 g/mol. The Morgan fingerprint density at radius 2 is 1.84 bits per heavy atom. The molecule has 0 aromatic rings. The number of hydrogen-bond donors (Lipinski definition) is 3. The van der Waals surface area contributed by atoms with E-state index in [1.807, 2.05) is 20.8 Å². The SMILES string of the molecule is CCC1C[C@H](C(=O)NC(C)C(C)CO)[C@H](C(=O)O)C1. The lowest BCUT2D eigenvalue weighted by atomic mass is 9.94. The maximum absolute atomic E-state index is 12.2. The molecule has 3 N–H and O–H groups in total. The summed E-state index contributed by atoms with van der Waals surface area (Å²) >= 11 is 0. The van der Waals surface area contributed by atoms with Crippen molar-refractivity contribution >= 4 is 11.9 Å². The Kier molecular flexibility index (Phi) is 5.79. The van der Waals surface area contributed by atoms with Gasteiger partial charge >= 0.3 is 5.97 Å². The average molecular weight is 271 g/mol. The molecule has 5 nitrogen and oxygen atoms in total. The summed E-state index contributed by atoms with van der Waals surface area (Å²) in [5.41, 5.74) is 0. The van der Waals surface area contributed by atoms with Crippen LogP contribution in [0, 0.1) is 23.7 Å². The molecule has 5 atom stereocenters. The molecular formula is C14H25NO4. The van der Waals surface area contributed by atoms with Gasteiger partial charge in [0.25, 0.3) is 0 Å². The number of aliphatic hydroxyl groups is 1. The quantitative estimate of drug-likeness (QED) is 0.678. The molecule has 1 saturated carbocycles. The van der Waals surface area contributed by atoms with E-state index in [1.165, 1.54) is 0 Å². The van der Waals surface area contributed by atoms with E-state index in [-0.39, 0.29) is 24.5 Å². The summed E-state index contributed by atoms with van der Waals surface area (Å²) in [4.78, 5) is 23.4. The molecule has 110 valence electrons. The van der Waals surface area contributed by atoms with Crippen LogP contribution in [0.1, 0.15) is 40.0 Å². The monoisotopic (exact) mass is 271 g/mol. The summed E-state index contributed by atoms with van der Waals surface area (Å²) in [7, 11) is 0. The van der Waals surface area contributed by atoms with Crippen molar-refractivity contribution in [3.63, 3.8) is 0 Å². The van der Waals surface area contributed by atoms with Crippen LogP contribution in [0.15, 0.2) is 0 Å². The van der Waals surface area contributed by atoms with Crippen molar-refractivity contribution in [1.29, 1.82) is 0 Å². The second-order valence-electron chi connectivity index (χ2n) is 5.75. The highest BCUT2D eigenvalue weighted by molar-refractivity contribution is 5.85. The van der Waals surface area contributed by atoms with E-state index in [9.17, 15) is 14.7 Å². The van der Waals surface area contributed by atoms with Gasteiger partial charge in [-0.1, -0.05) is 20.3 Å². The van der Waals surface area contributed by atoms with Crippen LogP contribution in [-0.4, -0.2) is 34.7 Å². The van der Waals surface area contributed by atoms with E-state index in [2.05, 4.69) is 5.32 Å². The van der Waals surface area contributed by atoms with Gasteiger partial charge in [-0.2, -0.15) is 0 Å². The first-order valence-corrected chi connectivity index (χ1v) is 7.04. The lowest BCUT2D eigenvalue weighted by Gasteiger charge is -2.23. The van der Waals surface area contributed by atoms with E-state index in [0.717, 1.165) is 6.42 Å². The van der Waals surface area contributed by atoms with Crippen LogP contribution in [0.3, 0.4) is 0 Å². The summed E-state index contributed by atoms with van der Waals surface area (Å²) in [5.74, 6) is -1.77. The molecule has 0 saturated heterocycles. The maximum Gasteiger partial charge on any atom is 0.307 e. The molecule has 0 aromatic heterocycles. The Morgan fingerprint density at radius 1 is 1.26 bits per heavy atom. The third kappa shape index (κ3) is 3.93. The van der Waals surface area contributed by atoms with Crippen molar-refractivity contribution in [2.45, 2.75) is 46.1 Å². The Labute approximate surface area is 114 Å². The van der Waals surface area contributed by atoms with Gasteiger partial charge in [0, 0.05) is 12.6 Å². The molecule has 1 aliphatic carbocycles. The molecule has 19 heavy (non-hydrogen) atoms. The molecule has 0 spiro atoms. The summed E-state index contributed by atoms with van der Waals surface area (Å²) < 4.78 is 0. The van der Waals surface area contributed by atoms with Gasteiger partial charge < -0.3 is 15.5 Å². The van der Waals surface area contributed by atoms with Gasteiger partial charge in [-0.25, -0.2) is 0 Å². The minimum atomic E-state index is -0.876. The molecule has 0 aromatic carbocycles. The number of amides is 1. The van der Waals surface area contributed by atoms with Gasteiger partial charge in [-0.15, -0.1) is 0 Å². The molecule has 3 unspecified atom stereocenters. The summed E-state index contributed by atoms with van der Waals surface area (Å²) in [6, 6.07) is -0.146. The molecule has 1 amide bonds. The number of carbonyl (C=O) groups excluding carboxylic acids is 1. The van der Waals surface area contributed by atoms with Crippen molar-refractivity contribution in [2.24, 2.45) is 23.7 Å². The number of carbonyl (C=O) groups is 2. The van der Waals surface area contributed by atoms with E-state index in [0.29, 0.717) is 18.8 Å². The lowest BCUT2D eigenvalue weighted by molar-refractivity contribution is -0.146. The van der Waals surface area contributed by atoms with Crippen molar-refractivity contribution in [3.8, 4) is 0 Å². The standard InChI is InChI=1S/C14H25NO4/c1-4-10-5-11(12(6-10)14(18)19)13(17)15-9(3)8(2)7-16/h8-12,16H,4-7H2,1-3H3,(H,15,17)(H,18,19)/t8?,9?,10?,11-,12+/m0/s1. The minimum Gasteiger partial charge on any atom is -0.481 e. The summed E-state index contributed by atoms with van der Waals surface area (Å²) in [5, 5.41) is 21.1. The molecule has 1 rings (SSSR count). The van der Waals surface area contributed by atoms with Crippen molar-refractivity contribution < 1.29 is 19.8 Å². The van der Waals surface area contributed by atoms with Crippen LogP contribution in [-0.2, 0) is 9.59 Å². The van der Waals surface area contributed by atoms with Gasteiger partial charge in [0.15, 0.2) is 0 Å². The molecule has 1 fully saturated rings. The Balaban J connectivity index is 2.66. The van der Waals surface area contributed by atoms with E-state index < -0.39 is 17.8 Å². The number of hydrogen-bond acceptors (Lipinski definition) is 3. The fourth-order valence-corrected chi connectivity index (χ4v) is 2.67. The molecule has 0 aliphatic heterocycles. The van der Waals surface area contributed by atoms with Gasteiger partial charge in [-0.05, 0) is 31.6 Å². The largest absolute Gasteiger partial charge is 0.481 e. The Bertz CT molecular complexity index is 331. The van der Waals surface area contributed by atoms with Crippen molar-refractivity contribution in [3.05, 3.63) is 0 Å². The van der Waals surface area contributed by atoms with E-state index >= 15 is 0 Å². The predicted octanol–water partition coefficient (Wildman–Crippen LogP) is 1.26. The van der Waals surface area contributed by atoms with Crippen LogP contribution in [0.4, 0.5) is 0 Å². The zero-order valence-corrected chi connectivity index (χ0v) is 11.9. The van der Waals surface area contributed by atoms with Gasteiger partial charge in [0.2, 0.25) is 5.91 Å². The fourth-order valence-electron chi connectivity index (χ4n) is 2.67. The number of nitrogens with one attached hydrogen (secondary N) is 1. The number of carboxylic acid groups (broad SMARTS) is 1. The number of aliphatic carboxylic acids is 1. The second-order valence-corrected chi connectivity index (χ2v) is 5.75. The highest BCUT2D eigenvalue weighted by Gasteiger charge is 2.42. The molecule has 0 heterocycles. The summed E-state index contributed by atoms with van der Waals surface area (Å²) in [6.07, 6.45) is 2.16. The third-order valence-corrected chi connectivity index (χ3v) is 4.40. The average Bonchev–Trinajstić information content (AvgIpc) is 2.81. The first-order valence-electron chi connectivity index (χ1n) is 7.04. The van der Waals surface area contributed by atoms with Crippen LogP contribution < -0.4 is 5.32 Å². The number of carboxylic acids is 1. The Morgan fingerprint density at radius 3 is 2.32 bits per heavy atom. The predicted molar refractivity (Wildman–Crippen MR) is 71.5 cm³/mol. The van der Waals surface area contributed by atoms with E-state index in [4.69, 9.17) is 5.11 Å². The van der Waals surface area contributed by atoms with Gasteiger partial charge in [-0.3, -0.25) is 9.59 Å². The highest BCUT2D eigenvalue weighted by Crippen LogP contribution is 2.38. The molecule has 0 bridgehead atoms. The maximum atomic E-state index is 12.2. The van der Waals surface area contributed by atoms with Crippen LogP contribution in [0.2, 0.25) is 0 Å². The normalized spacial score (nSPS) is 29.8. The first-order chi connectivity index (χ1) is 8.90. The van der Waals surface area contributed by atoms with Crippen LogP contribution in [0.25, 0.3) is 0 Å². The zero-order chi connectivity index (χ0) is 14.6. The van der Waals surface area contributed by atoms with E-state index in [1.54, 1.807) is 0 Å². The van der Waals surface area contributed by atoms with Crippen molar-refractivity contribution in [2.75, 3.05) is 6.61 Å². The second kappa shape index (κ2) is 6.89. The van der Waals surface area contributed by atoms with Crippen LogP contribution >= 0.6 is 0 Å². The number of rotatable bonds is 6. The first kappa shape index (κ1) is 16.0. The lowest BCUT2D eigenvalue weighted by Crippen LogP contribution is -2.43. The molecule has 5 heteroatoms. The van der Waals surface area contributed by atoms with Crippen LogP contribution in [0.5, 0.6) is 0 Å². The molecule has 1 aliphatic rings. The van der Waals surface area contributed by atoms with Crippen molar-refractivity contribution in [1.82, 2.24) is 5.32 Å².